The standard InChI is InChI=1S/C12H10ClF3O/c1-7(2)5-11(17)8-3-4-10(13)9(6-8)12(14,15)16/h3-6H,1-2H3. The van der Waals surface area contributed by atoms with Gasteiger partial charge in [-0.15, -0.1) is 0 Å². The van der Waals surface area contributed by atoms with Gasteiger partial charge in [-0.25, -0.2) is 0 Å². The Morgan fingerprint density at radius 3 is 2.35 bits per heavy atom. The monoisotopic (exact) mass is 262 g/mol. The second-order valence-corrected chi connectivity index (χ2v) is 4.19. The third-order valence-electron chi connectivity index (χ3n) is 1.98. The number of rotatable bonds is 2. The van der Waals surface area contributed by atoms with Crippen molar-refractivity contribution in [3.63, 3.8) is 0 Å². The molecule has 0 saturated heterocycles. The summed E-state index contributed by atoms with van der Waals surface area (Å²) in [5, 5.41) is -0.411. The molecule has 0 saturated carbocycles. The number of allylic oxidation sites excluding steroid dienone is 2. The lowest BCUT2D eigenvalue weighted by atomic mass is 10.1. The molecule has 0 radical (unpaired) electrons. The third kappa shape index (κ3) is 3.60. The van der Waals surface area contributed by atoms with Crippen molar-refractivity contribution in [2.75, 3.05) is 0 Å². The van der Waals surface area contributed by atoms with Crippen LogP contribution in [0.15, 0.2) is 29.8 Å². The molecular weight excluding hydrogens is 253 g/mol. The molecule has 0 amide bonds. The normalized spacial score (nSPS) is 11.2. The molecular formula is C12H10ClF3O. The molecule has 0 aliphatic heterocycles. The van der Waals surface area contributed by atoms with Gasteiger partial charge in [0.1, 0.15) is 0 Å². The Morgan fingerprint density at radius 1 is 1.29 bits per heavy atom. The van der Waals surface area contributed by atoms with E-state index < -0.39 is 22.5 Å². The summed E-state index contributed by atoms with van der Waals surface area (Å²) < 4.78 is 37.6. The zero-order valence-electron chi connectivity index (χ0n) is 9.23. The summed E-state index contributed by atoms with van der Waals surface area (Å²) in [5.41, 5.74) is -0.298. The van der Waals surface area contributed by atoms with Gasteiger partial charge >= 0.3 is 6.18 Å². The molecule has 1 nitrogen and oxygen atoms in total. The fraction of sp³-hybridized carbons (Fsp3) is 0.250. The predicted octanol–water partition coefficient (Wildman–Crippen LogP) is 4.51. The van der Waals surface area contributed by atoms with Crippen LogP contribution in [0.1, 0.15) is 29.8 Å². The Balaban J connectivity index is 3.23. The fourth-order valence-electron chi connectivity index (χ4n) is 1.24. The Labute approximate surface area is 102 Å². The van der Waals surface area contributed by atoms with Crippen LogP contribution in [0.3, 0.4) is 0 Å². The van der Waals surface area contributed by atoms with Gasteiger partial charge in [-0.1, -0.05) is 17.2 Å². The molecule has 0 aromatic heterocycles. The summed E-state index contributed by atoms with van der Waals surface area (Å²) in [7, 11) is 0. The molecule has 92 valence electrons. The minimum Gasteiger partial charge on any atom is -0.289 e. The molecule has 0 bridgehead atoms. The number of hydrogen-bond donors (Lipinski definition) is 0. The first-order chi connectivity index (χ1) is 7.71. The largest absolute Gasteiger partial charge is 0.417 e. The fourth-order valence-corrected chi connectivity index (χ4v) is 1.47. The predicted molar refractivity (Wildman–Crippen MR) is 60.2 cm³/mol. The Morgan fingerprint density at radius 2 is 1.88 bits per heavy atom. The Hall–Kier alpha value is -1.29. The van der Waals surface area contributed by atoms with Crippen LogP contribution in [0.5, 0.6) is 0 Å². The van der Waals surface area contributed by atoms with Crippen LogP contribution in [0, 0.1) is 0 Å². The summed E-state index contributed by atoms with van der Waals surface area (Å²) in [6, 6.07) is 3.12. The van der Waals surface area contributed by atoms with Crippen molar-refractivity contribution in [1.82, 2.24) is 0 Å². The lowest BCUT2D eigenvalue weighted by molar-refractivity contribution is -0.137. The lowest BCUT2D eigenvalue weighted by Gasteiger charge is -2.09. The van der Waals surface area contributed by atoms with E-state index in [4.69, 9.17) is 11.6 Å². The highest BCUT2D eigenvalue weighted by molar-refractivity contribution is 6.31. The van der Waals surface area contributed by atoms with Gasteiger partial charge in [0.15, 0.2) is 5.78 Å². The van der Waals surface area contributed by atoms with E-state index >= 15 is 0 Å². The molecule has 17 heavy (non-hydrogen) atoms. The maximum absolute atomic E-state index is 12.5. The average Bonchev–Trinajstić information content (AvgIpc) is 2.15. The molecule has 1 rings (SSSR count). The van der Waals surface area contributed by atoms with Crippen LogP contribution in [-0.4, -0.2) is 5.78 Å². The van der Waals surface area contributed by atoms with Crippen LogP contribution in [0.25, 0.3) is 0 Å². The number of hydrogen-bond acceptors (Lipinski definition) is 1. The van der Waals surface area contributed by atoms with Crippen molar-refractivity contribution in [1.29, 1.82) is 0 Å². The van der Waals surface area contributed by atoms with Gasteiger partial charge in [0, 0.05) is 5.56 Å². The maximum atomic E-state index is 12.5. The van der Waals surface area contributed by atoms with Crippen LogP contribution < -0.4 is 0 Å². The number of carbonyl (C=O) groups excluding carboxylic acids is 1. The molecule has 0 aliphatic rings. The zero-order valence-corrected chi connectivity index (χ0v) is 9.99. The summed E-state index contributed by atoms with van der Waals surface area (Å²) in [4.78, 5) is 11.6. The van der Waals surface area contributed by atoms with Crippen LogP contribution in [-0.2, 0) is 6.18 Å². The van der Waals surface area contributed by atoms with Crippen molar-refractivity contribution in [2.45, 2.75) is 20.0 Å². The van der Waals surface area contributed by atoms with Gasteiger partial charge in [0.2, 0.25) is 0 Å². The van der Waals surface area contributed by atoms with Gasteiger partial charge in [-0.2, -0.15) is 13.2 Å². The first kappa shape index (κ1) is 13.8. The van der Waals surface area contributed by atoms with Crippen LogP contribution in [0.2, 0.25) is 5.02 Å². The van der Waals surface area contributed by atoms with Crippen LogP contribution >= 0.6 is 11.6 Å². The molecule has 0 fully saturated rings. The maximum Gasteiger partial charge on any atom is 0.417 e. The number of benzene rings is 1. The van der Waals surface area contributed by atoms with Crippen LogP contribution in [0.4, 0.5) is 13.2 Å². The lowest BCUT2D eigenvalue weighted by Crippen LogP contribution is -2.08. The van der Waals surface area contributed by atoms with E-state index in [0.29, 0.717) is 0 Å². The average molecular weight is 263 g/mol. The molecule has 5 heteroatoms. The Kier molecular flexibility index (Phi) is 3.98. The van der Waals surface area contributed by atoms with Crippen molar-refractivity contribution in [3.8, 4) is 0 Å². The second-order valence-electron chi connectivity index (χ2n) is 3.78. The number of ketones is 1. The van der Waals surface area contributed by atoms with Crippen molar-refractivity contribution >= 4 is 17.4 Å². The quantitative estimate of drug-likeness (QED) is 0.566. The highest BCUT2D eigenvalue weighted by Gasteiger charge is 2.33. The van der Waals surface area contributed by atoms with Crippen molar-refractivity contribution < 1.29 is 18.0 Å². The molecule has 1 aromatic rings. The first-order valence-electron chi connectivity index (χ1n) is 4.78. The first-order valence-corrected chi connectivity index (χ1v) is 5.15. The van der Waals surface area contributed by atoms with E-state index in [-0.39, 0.29) is 5.56 Å². The molecule has 1 aromatic carbocycles. The van der Waals surface area contributed by atoms with E-state index in [1.54, 1.807) is 13.8 Å². The van der Waals surface area contributed by atoms with E-state index in [1.165, 1.54) is 12.1 Å². The van der Waals surface area contributed by atoms with E-state index in [0.717, 1.165) is 17.7 Å². The highest BCUT2D eigenvalue weighted by atomic mass is 35.5. The molecule has 0 spiro atoms. The minimum absolute atomic E-state index is 0.0251. The number of halogens is 4. The molecule has 0 aliphatic carbocycles. The molecule has 0 heterocycles. The van der Waals surface area contributed by atoms with E-state index in [9.17, 15) is 18.0 Å². The van der Waals surface area contributed by atoms with Crippen molar-refractivity contribution in [2.24, 2.45) is 0 Å². The zero-order chi connectivity index (χ0) is 13.2. The van der Waals surface area contributed by atoms with Gasteiger partial charge in [0.25, 0.3) is 0 Å². The second kappa shape index (κ2) is 4.92. The summed E-state index contributed by atoms with van der Waals surface area (Å²) in [6.07, 6.45) is -3.28. The minimum atomic E-state index is -4.56. The smallest absolute Gasteiger partial charge is 0.289 e. The van der Waals surface area contributed by atoms with Crippen molar-refractivity contribution in [3.05, 3.63) is 46.0 Å². The number of carbonyl (C=O) groups is 1. The summed E-state index contributed by atoms with van der Waals surface area (Å²) >= 11 is 5.44. The van der Waals surface area contributed by atoms with E-state index in [2.05, 4.69) is 0 Å². The van der Waals surface area contributed by atoms with Gasteiger partial charge in [-0.3, -0.25) is 4.79 Å². The van der Waals surface area contributed by atoms with E-state index in [1.807, 2.05) is 0 Å². The van der Waals surface area contributed by atoms with Gasteiger partial charge in [-0.05, 0) is 38.1 Å². The SMILES string of the molecule is CC(C)=CC(=O)c1ccc(Cl)c(C(F)(F)F)c1. The third-order valence-corrected chi connectivity index (χ3v) is 2.31. The molecule has 0 atom stereocenters. The topological polar surface area (TPSA) is 17.1 Å². The summed E-state index contributed by atoms with van der Waals surface area (Å²) in [6.45, 7) is 3.39. The molecule has 0 N–H and O–H groups in total. The summed E-state index contributed by atoms with van der Waals surface area (Å²) in [5.74, 6) is -0.466. The van der Waals surface area contributed by atoms with Gasteiger partial charge < -0.3 is 0 Å². The highest BCUT2D eigenvalue weighted by Crippen LogP contribution is 2.35. The number of alkyl halides is 3. The van der Waals surface area contributed by atoms with Gasteiger partial charge in [0.05, 0.1) is 10.6 Å². The Bertz CT molecular complexity index is 471. The molecule has 0 unspecified atom stereocenters.